The molecule has 2 rings (SSSR count). The van der Waals surface area contributed by atoms with E-state index < -0.39 is 10.0 Å². The minimum absolute atomic E-state index is 0.0484. The van der Waals surface area contributed by atoms with Gasteiger partial charge in [-0.3, -0.25) is 9.52 Å². The molecule has 1 aromatic carbocycles. The summed E-state index contributed by atoms with van der Waals surface area (Å²) in [5.74, 6) is 0.166. The van der Waals surface area contributed by atoms with Crippen molar-refractivity contribution in [3.63, 3.8) is 0 Å². The first-order valence-electron chi connectivity index (χ1n) is 8.87. The summed E-state index contributed by atoms with van der Waals surface area (Å²) in [5, 5.41) is 9.59. The van der Waals surface area contributed by atoms with Crippen LogP contribution in [0.4, 0.5) is 5.69 Å². The molecule has 1 aromatic rings. The van der Waals surface area contributed by atoms with Gasteiger partial charge in [-0.15, -0.1) is 0 Å². The van der Waals surface area contributed by atoms with Gasteiger partial charge in [-0.1, -0.05) is 6.92 Å². The van der Waals surface area contributed by atoms with E-state index in [0.29, 0.717) is 24.5 Å². The smallest absolute Gasteiger partial charge is 0.258 e. The monoisotopic (exact) mass is 399 g/mol. The first kappa shape index (κ1) is 21.5. The van der Waals surface area contributed by atoms with Gasteiger partial charge in [0.25, 0.3) is 5.91 Å². The first-order chi connectivity index (χ1) is 12.5. The van der Waals surface area contributed by atoms with E-state index in [2.05, 4.69) is 4.72 Å². The maximum Gasteiger partial charge on any atom is 0.258 e. The van der Waals surface area contributed by atoms with E-state index in [1.807, 2.05) is 25.9 Å². The second-order valence-corrected chi connectivity index (χ2v) is 9.22. The molecule has 1 aliphatic rings. The number of fused-ring (bicyclic) bond motifs is 1. The van der Waals surface area contributed by atoms with Crippen LogP contribution in [0.5, 0.6) is 5.75 Å². The topological polar surface area (TPSA) is 99.2 Å². The molecule has 0 fully saturated rings. The molecule has 0 unspecified atom stereocenters. The molecule has 0 saturated carbocycles. The van der Waals surface area contributed by atoms with Gasteiger partial charge in [0.05, 0.1) is 24.5 Å². The third kappa shape index (κ3) is 5.57. The van der Waals surface area contributed by atoms with Gasteiger partial charge in [0.15, 0.2) is 0 Å². The van der Waals surface area contributed by atoms with Gasteiger partial charge in [0, 0.05) is 24.7 Å². The van der Waals surface area contributed by atoms with Gasteiger partial charge in [-0.2, -0.15) is 0 Å². The number of anilines is 1. The average Bonchev–Trinajstić information content (AvgIpc) is 2.56. The van der Waals surface area contributed by atoms with E-state index in [-0.39, 0.29) is 36.1 Å². The number of benzene rings is 1. The lowest BCUT2D eigenvalue weighted by Crippen LogP contribution is -2.49. The summed E-state index contributed by atoms with van der Waals surface area (Å²) in [7, 11) is 0.435. The first-order valence-corrected chi connectivity index (χ1v) is 10.8. The van der Waals surface area contributed by atoms with Gasteiger partial charge in [-0.05, 0) is 39.2 Å². The lowest BCUT2D eigenvalue weighted by molar-refractivity contribution is 0.0363. The Balaban J connectivity index is 2.51. The number of carbonyl (C=O) groups excluding carboxylic acids is 1. The van der Waals surface area contributed by atoms with Crippen LogP contribution in [0.3, 0.4) is 0 Å². The highest BCUT2D eigenvalue weighted by Crippen LogP contribution is 2.30. The van der Waals surface area contributed by atoms with E-state index in [0.717, 1.165) is 6.26 Å². The Kier molecular flexibility index (Phi) is 6.72. The van der Waals surface area contributed by atoms with Crippen LogP contribution in [-0.2, 0) is 10.0 Å². The maximum atomic E-state index is 13.1. The summed E-state index contributed by atoms with van der Waals surface area (Å²) in [6, 6.07) is 4.31. The van der Waals surface area contributed by atoms with Crippen molar-refractivity contribution in [3.8, 4) is 5.75 Å². The van der Waals surface area contributed by atoms with E-state index in [4.69, 9.17) is 4.74 Å². The molecule has 8 nitrogen and oxygen atoms in total. The summed E-state index contributed by atoms with van der Waals surface area (Å²) >= 11 is 0. The molecule has 0 spiro atoms. The van der Waals surface area contributed by atoms with Crippen molar-refractivity contribution in [2.24, 2.45) is 5.92 Å². The molecule has 0 bridgehead atoms. The number of nitrogens with zero attached hydrogens (tertiary/aromatic N) is 2. The molecular weight excluding hydrogens is 370 g/mol. The Bertz CT molecular complexity index is 781. The van der Waals surface area contributed by atoms with Crippen LogP contribution >= 0.6 is 0 Å². The third-order valence-electron chi connectivity index (χ3n) is 4.51. The van der Waals surface area contributed by atoms with Crippen LogP contribution in [0.15, 0.2) is 18.2 Å². The van der Waals surface area contributed by atoms with Crippen LogP contribution in [0, 0.1) is 5.92 Å². The Hall–Kier alpha value is -1.84. The van der Waals surface area contributed by atoms with Crippen LogP contribution in [0.2, 0.25) is 0 Å². The Labute approximate surface area is 161 Å². The Morgan fingerprint density at radius 3 is 2.63 bits per heavy atom. The minimum atomic E-state index is -3.47. The molecule has 1 aliphatic heterocycles. The highest BCUT2D eigenvalue weighted by atomic mass is 32.2. The number of aliphatic hydroxyl groups excluding tert-OH is 1. The summed E-state index contributed by atoms with van der Waals surface area (Å²) in [4.78, 5) is 16.8. The Morgan fingerprint density at radius 2 is 2.07 bits per heavy atom. The molecule has 27 heavy (non-hydrogen) atoms. The number of rotatable bonds is 6. The summed E-state index contributed by atoms with van der Waals surface area (Å²) < 4.78 is 31.6. The highest BCUT2D eigenvalue weighted by Gasteiger charge is 2.33. The fourth-order valence-corrected chi connectivity index (χ4v) is 3.63. The number of amides is 1. The third-order valence-corrected chi connectivity index (χ3v) is 5.12. The van der Waals surface area contributed by atoms with Crippen LogP contribution in [0.1, 0.15) is 24.2 Å². The fourth-order valence-electron chi connectivity index (χ4n) is 3.08. The zero-order chi connectivity index (χ0) is 20.4. The summed E-state index contributed by atoms with van der Waals surface area (Å²) in [6.07, 6.45) is 0.894. The fraction of sp³-hybridized carbons (Fsp3) is 0.611. The van der Waals surface area contributed by atoms with E-state index >= 15 is 0 Å². The van der Waals surface area contributed by atoms with Crippen molar-refractivity contribution in [3.05, 3.63) is 23.8 Å². The standard InChI is InChI=1S/C18H29N3O5S/c1-12-9-21(13(2)11-22)18(23)15-8-14(19-27(5,24)25)6-7-16(15)26-17(12)10-20(3)4/h6-8,12-13,17,19,22H,9-11H2,1-5H3/t12-,13+,17-/m0/s1. The van der Waals surface area contributed by atoms with E-state index in [9.17, 15) is 18.3 Å². The van der Waals surface area contributed by atoms with Gasteiger partial charge in [-0.25, -0.2) is 8.42 Å². The van der Waals surface area contributed by atoms with E-state index in [1.54, 1.807) is 24.0 Å². The molecule has 1 amide bonds. The minimum Gasteiger partial charge on any atom is -0.488 e. The van der Waals surface area contributed by atoms with Crippen molar-refractivity contribution in [1.29, 1.82) is 0 Å². The molecule has 0 aliphatic carbocycles. The quantitative estimate of drug-likeness (QED) is 0.735. The average molecular weight is 400 g/mol. The van der Waals surface area contributed by atoms with Crippen LogP contribution < -0.4 is 9.46 Å². The van der Waals surface area contributed by atoms with Gasteiger partial charge < -0.3 is 19.6 Å². The van der Waals surface area contributed by atoms with E-state index in [1.165, 1.54) is 6.07 Å². The second-order valence-electron chi connectivity index (χ2n) is 7.47. The lowest BCUT2D eigenvalue weighted by Gasteiger charge is -2.37. The van der Waals surface area contributed by atoms with Gasteiger partial charge >= 0.3 is 0 Å². The van der Waals surface area contributed by atoms with Gasteiger partial charge in [0.2, 0.25) is 10.0 Å². The molecule has 3 atom stereocenters. The number of aliphatic hydroxyl groups is 1. The van der Waals surface area contributed by atoms with Crippen molar-refractivity contribution < 1.29 is 23.1 Å². The molecule has 152 valence electrons. The molecule has 0 radical (unpaired) electrons. The highest BCUT2D eigenvalue weighted by molar-refractivity contribution is 7.92. The Morgan fingerprint density at radius 1 is 1.41 bits per heavy atom. The molecule has 2 N–H and O–H groups in total. The predicted octanol–water partition coefficient (Wildman–Crippen LogP) is 0.840. The summed E-state index contributed by atoms with van der Waals surface area (Å²) in [5.41, 5.74) is 0.571. The van der Waals surface area contributed by atoms with Crippen molar-refractivity contribution in [2.75, 3.05) is 44.8 Å². The number of carbonyl (C=O) groups is 1. The predicted molar refractivity (Wildman–Crippen MR) is 105 cm³/mol. The van der Waals surface area contributed by atoms with Crippen LogP contribution in [0.25, 0.3) is 0 Å². The second kappa shape index (κ2) is 8.45. The number of sulfonamides is 1. The molecule has 0 saturated heterocycles. The normalized spacial score (nSPS) is 21.9. The largest absolute Gasteiger partial charge is 0.488 e. The van der Waals surface area contributed by atoms with Gasteiger partial charge in [0.1, 0.15) is 11.9 Å². The lowest BCUT2D eigenvalue weighted by atomic mass is 9.99. The van der Waals surface area contributed by atoms with Crippen molar-refractivity contribution in [2.45, 2.75) is 26.0 Å². The number of nitrogens with one attached hydrogen (secondary N) is 1. The SMILES string of the molecule is C[C@H](CO)N1C[C@H](C)[C@H](CN(C)C)Oc2ccc(NS(C)(=O)=O)cc2C1=O. The zero-order valence-electron chi connectivity index (χ0n) is 16.5. The molecule has 9 heteroatoms. The number of hydrogen-bond donors (Lipinski definition) is 2. The zero-order valence-corrected chi connectivity index (χ0v) is 17.3. The number of ether oxygens (including phenoxy) is 1. The van der Waals surface area contributed by atoms with Crippen molar-refractivity contribution >= 4 is 21.6 Å². The molecular formula is C18H29N3O5S. The van der Waals surface area contributed by atoms with Crippen LogP contribution in [-0.4, -0.2) is 81.4 Å². The summed E-state index contributed by atoms with van der Waals surface area (Å²) in [6.45, 7) is 4.74. The number of hydrogen-bond acceptors (Lipinski definition) is 6. The number of likely N-dealkylation sites (N-methyl/N-ethyl adjacent to an activating group) is 1. The molecule has 0 aromatic heterocycles. The maximum absolute atomic E-state index is 13.1. The van der Waals surface area contributed by atoms with Crippen molar-refractivity contribution in [1.82, 2.24) is 9.80 Å². The molecule has 1 heterocycles.